The quantitative estimate of drug-likeness (QED) is 0.654. The smallest absolute Gasteiger partial charge is 0.119 e. The van der Waals surface area contributed by atoms with E-state index in [1.165, 1.54) is 0 Å². The molecule has 1 aromatic rings. The molecular weight excluding hydrogens is 246 g/mol. The van der Waals surface area contributed by atoms with Gasteiger partial charge in [-0.3, -0.25) is 0 Å². The first kappa shape index (κ1) is 15.9. The van der Waals surface area contributed by atoms with Gasteiger partial charge in [0.25, 0.3) is 0 Å². The van der Waals surface area contributed by atoms with Crippen LogP contribution in [0.4, 0.5) is 0 Å². The summed E-state index contributed by atoms with van der Waals surface area (Å²) in [7, 11) is 3.27. The maximum absolute atomic E-state index is 9.77. The molecule has 5 heteroatoms. The molecule has 1 aromatic carbocycles. The number of para-hydroxylation sites is 1. The number of ether oxygens (including phenoxy) is 3. The SMILES string of the molecule is COCC(CNCC(O)COc1ccccc1)OC. The molecule has 0 amide bonds. The zero-order valence-electron chi connectivity index (χ0n) is 11.5. The van der Waals surface area contributed by atoms with Gasteiger partial charge in [0.2, 0.25) is 0 Å². The summed E-state index contributed by atoms with van der Waals surface area (Å²) in [6.45, 7) is 1.88. The lowest BCUT2D eigenvalue weighted by atomic mass is 10.3. The van der Waals surface area contributed by atoms with E-state index in [4.69, 9.17) is 14.2 Å². The van der Waals surface area contributed by atoms with Gasteiger partial charge in [0.1, 0.15) is 18.5 Å². The third-order valence-electron chi connectivity index (χ3n) is 2.62. The van der Waals surface area contributed by atoms with Gasteiger partial charge in [-0.15, -0.1) is 0 Å². The molecule has 0 saturated heterocycles. The number of methoxy groups -OCH3 is 2. The molecule has 2 unspecified atom stereocenters. The molecule has 0 saturated carbocycles. The van der Waals surface area contributed by atoms with Crippen molar-refractivity contribution in [2.75, 3.05) is 40.5 Å². The Balaban J connectivity index is 2.12. The van der Waals surface area contributed by atoms with E-state index in [-0.39, 0.29) is 12.7 Å². The van der Waals surface area contributed by atoms with E-state index in [9.17, 15) is 5.11 Å². The van der Waals surface area contributed by atoms with Gasteiger partial charge in [-0.05, 0) is 12.1 Å². The predicted molar refractivity (Wildman–Crippen MR) is 73.5 cm³/mol. The average Bonchev–Trinajstić information content (AvgIpc) is 2.45. The van der Waals surface area contributed by atoms with Gasteiger partial charge in [0.15, 0.2) is 0 Å². The van der Waals surface area contributed by atoms with E-state index in [0.29, 0.717) is 19.7 Å². The molecule has 19 heavy (non-hydrogen) atoms. The van der Waals surface area contributed by atoms with Gasteiger partial charge >= 0.3 is 0 Å². The number of aliphatic hydroxyl groups is 1. The van der Waals surface area contributed by atoms with E-state index in [0.717, 1.165) is 5.75 Å². The highest BCUT2D eigenvalue weighted by molar-refractivity contribution is 5.20. The minimum absolute atomic E-state index is 0.00718. The molecule has 0 radical (unpaired) electrons. The zero-order chi connectivity index (χ0) is 13.9. The molecule has 108 valence electrons. The van der Waals surface area contributed by atoms with Gasteiger partial charge in [-0.2, -0.15) is 0 Å². The number of hydrogen-bond acceptors (Lipinski definition) is 5. The van der Waals surface area contributed by atoms with E-state index >= 15 is 0 Å². The molecule has 0 aromatic heterocycles. The maximum Gasteiger partial charge on any atom is 0.119 e. The molecule has 2 atom stereocenters. The molecule has 2 N–H and O–H groups in total. The van der Waals surface area contributed by atoms with E-state index in [2.05, 4.69) is 5.32 Å². The van der Waals surface area contributed by atoms with Crippen molar-refractivity contribution in [2.45, 2.75) is 12.2 Å². The van der Waals surface area contributed by atoms with Crippen LogP contribution in [0.5, 0.6) is 5.75 Å². The summed E-state index contributed by atoms with van der Waals surface area (Å²) in [5.74, 6) is 0.760. The first-order chi connectivity index (χ1) is 9.26. The molecule has 5 nitrogen and oxygen atoms in total. The molecule has 0 spiro atoms. The van der Waals surface area contributed by atoms with Gasteiger partial charge in [0, 0.05) is 27.3 Å². The third kappa shape index (κ3) is 7.12. The Morgan fingerprint density at radius 3 is 2.47 bits per heavy atom. The molecule has 0 heterocycles. The molecule has 0 aliphatic carbocycles. The van der Waals surface area contributed by atoms with Crippen LogP contribution in [-0.2, 0) is 9.47 Å². The lowest BCUT2D eigenvalue weighted by Crippen LogP contribution is -2.38. The number of aliphatic hydroxyl groups excluding tert-OH is 1. The number of hydrogen-bond donors (Lipinski definition) is 2. The molecular formula is C14H23NO4. The summed E-state index contributed by atoms with van der Waals surface area (Å²) in [6.07, 6.45) is -0.563. The lowest BCUT2D eigenvalue weighted by molar-refractivity contribution is 0.0257. The number of nitrogens with one attached hydrogen (secondary N) is 1. The monoisotopic (exact) mass is 269 g/mol. The maximum atomic E-state index is 9.77. The summed E-state index contributed by atoms with van der Waals surface area (Å²) < 4.78 is 15.7. The van der Waals surface area contributed by atoms with E-state index in [1.807, 2.05) is 30.3 Å². The summed E-state index contributed by atoms with van der Waals surface area (Å²) in [6, 6.07) is 9.44. The fourth-order valence-electron chi connectivity index (χ4n) is 1.58. The second kappa shape index (κ2) is 9.75. The van der Waals surface area contributed by atoms with Crippen molar-refractivity contribution in [3.05, 3.63) is 30.3 Å². The van der Waals surface area contributed by atoms with Gasteiger partial charge in [-0.1, -0.05) is 18.2 Å². The highest BCUT2D eigenvalue weighted by Crippen LogP contribution is 2.08. The van der Waals surface area contributed by atoms with Crippen LogP contribution in [-0.4, -0.2) is 57.8 Å². The second-order valence-electron chi connectivity index (χ2n) is 4.25. The molecule has 0 bridgehead atoms. The Morgan fingerprint density at radius 1 is 1.11 bits per heavy atom. The predicted octanol–water partition coefficient (Wildman–Crippen LogP) is 0.677. The lowest BCUT2D eigenvalue weighted by Gasteiger charge is -2.17. The normalized spacial score (nSPS) is 14.1. The molecule has 0 fully saturated rings. The Labute approximate surface area is 114 Å². The highest BCUT2D eigenvalue weighted by Gasteiger charge is 2.09. The first-order valence-corrected chi connectivity index (χ1v) is 6.34. The standard InChI is InChI=1S/C14H23NO4/c1-17-11-14(18-2)9-15-8-12(16)10-19-13-6-4-3-5-7-13/h3-7,12,14-16H,8-11H2,1-2H3. The molecule has 1 rings (SSSR count). The summed E-state index contributed by atoms with van der Waals surface area (Å²) in [5.41, 5.74) is 0. The van der Waals surface area contributed by atoms with Crippen LogP contribution in [0.15, 0.2) is 30.3 Å². The van der Waals surface area contributed by atoms with Crippen LogP contribution >= 0.6 is 0 Å². The second-order valence-corrected chi connectivity index (χ2v) is 4.25. The Morgan fingerprint density at radius 2 is 1.84 bits per heavy atom. The largest absolute Gasteiger partial charge is 0.491 e. The first-order valence-electron chi connectivity index (χ1n) is 6.34. The highest BCUT2D eigenvalue weighted by atomic mass is 16.5. The van der Waals surface area contributed by atoms with Gasteiger partial charge < -0.3 is 24.6 Å². The van der Waals surface area contributed by atoms with Crippen LogP contribution in [0.3, 0.4) is 0 Å². The van der Waals surface area contributed by atoms with Gasteiger partial charge in [-0.25, -0.2) is 0 Å². The van der Waals surface area contributed by atoms with E-state index < -0.39 is 6.10 Å². The van der Waals surface area contributed by atoms with Gasteiger partial charge in [0.05, 0.1) is 12.7 Å². The fourth-order valence-corrected chi connectivity index (χ4v) is 1.58. The van der Waals surface area contributed by atoms with Crippen molar-refractivity contribution in [3.8, 4) is 5.75 Å². The topological polar surface area (TPSA) is 60.0 Å². The van der Waals surface area contributed by atoms with Crippen LogP contribution in [0.2, 0.25) is 0 Å². The van der Waals surface area contributed by atoms with Crippen molar-refractivity contribution in [1.82, 2.24) is 5.32 Å². The van der Waals surface area contributed by atoms with Crippen molar-refractivity contribution in [3.63, 3.8) is 0 Å². The van der Waals surface area contributed by atoms with Crippen LogP contribution in [0.25, 0.3) is 0 Å². The van der Waals surface area contributed by atoms with Crippen molar-refractivity contribution in [1.29, 1.82) is 0 Å². The van der Waals surface area contributed by atoms with Crippen molar-refractivity contribution >= 4 is 0 Å². The number of benzene rings is 1. The average molecular weight is 269 g/mol. The zero-order valence-corrected chi connectivity index (χ0v) is 11.5. The summed E-state index contributed by atoms with van der Waals surface area (Å²) in [4.78, 5) is 0. The number of rotatable bonds is 10. The Kier molecular flexibility index (Phi) is 8.16. The summed E-state index contributed by atoms with van der Waals surface area (Å²) in [5, 5.41) is 12.9. The minimum atomic E-state index is -0.555. The molecule has 0 aliphatic heterocycles. The van der Waals surface area contributed by atoms with Crippen LogP contribution in [0.1, 0.15) is 0 Å². The van der Waals surface area contributed by atoms with E-state index in [1.54, 1.807) is 14.2 Å². The Hall–Kier alpha value is -1.14. The summed E-state index contributed by atoms with van der Waals surface area (Å²) >= 11 is 0. The molecule has 0 aliphatic rings. The van der Waals surface area contributed by atoms with Crippen molar-refractivity contribution < 1.29 is 19.3 Å². The third-order valence-corrected chi connectivity index (χ3v) is 2.62. The minimum Gasteiger partial charge on any atom is -0.491 e. The van der Waals surface area contributed by atoms with Crippen LogP contribution in [0, 0.1) is 0 Å². The van der Waals surface area contributed by atoms with Crippen LogP contribution < -0.4 is 10.1 Å². The van der Waals surface area contributed by atoms with Crippen molar-refractivity contribution in [2.24, 2.45) is 0 Å². The fraction of sp³-hybridized carbons (Fsp3) is 0.571. The Bertz CT molecular complexity index is 320.